The number of halogens is 3. The predicted molar refractivity (Wildman–Crippen MR) is 85.7 cm³/mol. The molecule has 6 nitrogen and oxygen atoms in total. The molecule has 0 aliphatic carbocycles. The van der Waals surface area contributed by atoms with Gasteiger partial charge in [-0.1, -0.05) is 0 Å². The van der Waals surface area contributed by atoms with Crippen LogP contribution in [0.5, 0.6) is 0 Å². The average Bonchev–Trinajstić information content (AvgIpc) is 2.81. The second kappa shape index (κ2) is 7.60. The minimum Gasteiger partial charge on any atom is -0.271 e. The third-order valence-corrected chi connectivity index (χ3v) is 3.80. The lowest BCUT2D eigenvalue weighted by atomic mass is 10.2. The maximum absolute atomic E-state index is 12.2. The highest BCUT2D eigenvalue weighted by Crippen LogP contribution is 2.36. The first kappa shape index (κ1) is 18.8. The van der Waals surface area contributed by atoms with Crippen LogP contribution in [0.2, 0.25) is 0 Å². The van der Waals surface area contributed by atoms with Gasteiger partial charge in [0, 0.05) is 16.2 Å². The molecule has 0 bridgehead atoms. The summed E-state index contributed by atoms with van der Waals surface area (Å²) in [4.78, 5) is 23.7. The summed E-state index contributed by atoms with van der Waals surface area (Å²) in [6.07, 6.45) is 0. The zero-order valence-electron chi connectivity index (χ0n) is 13.3. The van der Waals surface area contributed by atoms with E-state index in [2.05, 4.69) is 16.0 Å². The lowest BCUT2D eigenvalue weighted by Crippen LogP contribution is -2.43. The van der Waals surface area contributed by atoms with Crippen LogP contribution < -0.4 is 10.9 Å². The van der Waals surface area contributed by atoms with E-state index in [0.717, 1.165) is 11.4 Å². The molecule has 0 atom stereocenters. The van der Waals surface area contributed by atoms with Crippen molar-refractivity contribution in [1.82, 2.24) is 20.6 Å². The summed E-state index contributed by atoms with van der Waals surface area (Å²) in [7, 11) is 0. The summed E-state index contributed by atoms with van der Waals surface area (Å²) in [6.45, 7) is 3.53. The van der Waals surface area contributed by atoms with Crippen molar-refractivity contribution < 1.29 is 22.8 Å². The number of rotatable bonds is 4. The fraction of sp³-hybridized carbons (Fsp3) is 0.267. The number of hydrogen-bond donors (Lipinski definition) is 2. The lowest BCUT2D eigenvalue weighted by molar-refractivity contribution is -0.122. The molecule has 0 unspecified atom stereocenters. The Labute approximate surface area is 145 Å². The van der Waals surface area contributed by atoms with Gasteiger partial charge in [0.25, 0.3) is 11.8 Å². The zero-order chi connectivity index (χ0) is 18.6. The van der Waals surface area contributed by atoms with Gasteiger partial charge < -0.3 is 0 Å². The number of aromatic nitrogens is 2. The van der Waals surface area contributed by atoms with Gasteiger partial charge in [-0.15, -0.1) is 0 Å². The molecule has 2 aromatic rings. The van der Waals surface area contributed by atoms with E-state index in [0.29, 0.717) is 0 Å². The van der Waals surface area contributed by atoms with E-state index in [1.807, 2.05) is 6.07 Å². The van der Waals surface area contributed by atoms with Crippen molar-refractivity contribution >= 4 is 23.6 Å². The summed E-state index contributed by atoms with van der Waals surface area (Å²) < 4.78 is 38.2. The minimum atomic E-state index is -4.39. The van der Waals surface area contributed by atoms with Crippen LogP contribution in [0.15, 0.2) is 35.2 Å². The molecule has 2 N–H and O–H groups in total. The number of nitrogens with zero attached hydrogens (tertiary/aromatic N) is 2. The van der Waals surface area contributed by atoms with Crippen molar-refractivity contribution in [2.45, 2.75) is 30.8 Å². The third-order valence-electron chi connectivity index (χ3n) is 3.06. The highest BCUT2D eigenvalue weighted by molar-refractivity contribution is 8.00. The van der Waals surface area contributed by atoms with Crippen LogP contribution in [0.3, 0.4) is 0 Å². The van der Waals surface area contributed by atoms with Crippen molar-refractivity contribution in [3.63, 3.8) is 0 Å². The molecule has 1 aromatic carbocycles. The quantitative estimate of drug-likeness (QED) is 0.639. The molecule has 10 heteroatoms. The number of alkyl halides is 3. The number of nitrogens with one attached hydrogen (secondary N) is 2. The Kier molecular flexibility index (Phi) is 5.73. The number of hydrogen-bond acceptors (Lipinski definition) is 4. The average molecular weight is 372 g/mol. The van der Waals surface area contributed by atoms with Crippen LogP contribution in [0.4, 0.5) is 13.2 Å². The van der Waals surface area contributed by atoms with E-state index < -0.39 is 17.3 Å². The summed E-state index contributed by atoms with van der Waals surface area (Å²) in [6, 6.07) is 6.68. The van der Waals surface area contributed by atoms with Gasteiger partial charge in [-0.2, -0.15) is 18.3 Å². The van der Waals surface area contributed by atoms with E-state index in [-0.39, 0.29) is 28.8 Å². The topological polar surface area (TPSA) is 76.0 Å². The minimum absolute atomic E-state index is 0.0300. The molecule has 0 aliphatic rings. The normalized spacial score (nSPS) is 11.2. The first-order valence-electron chi connectivity index (χ1n) is 7.10. The molecule has 0 saturated heterocycles. The monoisotopic (exact) mass is 372 g/mol. The number of aryl methyl sites for hydroxylation is 2. The SMILES string of the molecule is Cc1cc(C)n(CC(=O)NNC(=O)c2ccc(SC(F)(F)F)cc2)n1. The Hall–Kier alpha value is -2.49. The number of carbonyl (C=O) groups excluding carboxylic acids is 2. The van der Waals surface area contributed by atoms with E-state index in [1.165, 1.54) is 28.9 Å². The zero-order valence-corrected chi connectivity index (χ0v) is 14.2. The highest BCUT2D eigenvalue weighted by atomic mass is 32.2. The van der Waals surface area contributed by atoms with Gasteiger partial charge in [-0.25, -0.2) is 0 Å². The third kappa shape index (κ3) is 5.82. The largest absolute Gasteiger partial charge is 0.446 e. The molecular formula is C15H15F3N4O2S. The fourth-order valence-electron chi connectivity index (χ4n) is 2.02. The summed E-state index contributed by atoms with van der Waals surface area (Å²) in [5, 5.41) is 4.12. The Balaban J connectivity index is 1.87. The van der Waals surface area contributed by atoms with Crippen molar-refractivity contribution in [2.24, 2.45) is 0 Å². The van der Waals surface area contributed by atoms with Crippen LogP contribution in [0.1, 0.15) is 21.7 Å². The molecular weight excluding hydrogens is 357 g/mol. The maximum atomic E-state index is 12.2. The van der Waals surface area contributed by atoms with Gasteiger partial charge in [-0.05, 0) is 55.9 Å². The highest BCUT2D eigenvalue weighted by Gasteiger charge is 2.29. The Morgan fingerprint density at radius 1 is 1.16 bits per heavy atom. The molecule has 0 spiro atoms. The van der Waals surface area contributed by atoms with Gasteiger partial charge in [0.15, 0.2) is 0 Å². The second-order valence-corrected chi connectivity index (χ2v) is 6.30. The van der Waals surface area contributed by atoms with E-state index in [1.54, 1.807) is 13.8 Å². The van der Waals surface area contributed by atoms with Gasteiger partial charge in [-0.3, -0.25) is 25.1 Å². The molecule has 2 amide bonds. The molecule has 0 saturated carbocycles. The van der Waals surface area contributed by atoms with Gasteiger partial charge in [0.1, 0.15) is 6.54 Å². The van der Waals surface area contributed by atoms with Crippen molar-refractivity contribution in [2.75, 3.05) is 0 Å². The number of amides is 2. The van der Waals surface area contributed by atoms with Crippen LogP contribution in [-0.2, 0) is 11.3 Å². The molecule has 0 fully saturated rings. The maximum Gasteiger partial charge on any atom is 0.446 e. The molecule has 0 aliphatic heterocycles. The summed E-state index contributed by atoms with van der Waals surface area (Å²) >= 11 is -0.267. The number of carbonyl (C=O) groups is 2. The van der Waals surface area contributed by atoms with Gasteiger partial charge in [0.05, 0.1) is 5.69 Å². The summed E-state index contributed by atoms with van der Waals surface area (Å²) in [5.41, 5.74) is 1.75. The smallest absolute Gasteiger partial charge is 0.271 e. The van der Waals surface area contributed by atoms with E-state index >= 15 is 0 Å². The standard InChI is InChI=1S/C15H15F3N4O2S/c1-9-7-10(2)22(21-9)8-13(23)19-20-14(24)11-3-5-12(6-4-11)25-15(16,17)18/h3-7H,8H2,1-2H3,(H,19,23)(H,20,24). The molecule has 1 heterocycles. The van der Waals surface area contributed by atoms with Gasteiger partial charge in [0.2, 0.25) is 0 Å². The molecule has 1 aromatic heterocycles. The number of hydrazine groups is 1. The Morgan fingerprint density at radius 2 is 1.80 bits per heavy atom. The molecule has 2 rings (SSSR count). The van der Waals surface area contributed by atoms with E-state index in [4.69, 9.17) is 0 Å². The van der Waals surface area contributed by atoms with Crippen molar-refractivity contribution in [1.29, 1.82) is 0 Å². The van der Waals surface area contributed by atoms with Crippen LogP contribution in [-0.4, -0.2) is 27.1 Å². The van der Waals surface area contributed by atoms with Crippen LogP contribution in [0.25, 0.3) is 0 Å². The number of thioether (sulfide) groups is 1. The second-order valence-electron chi connectivity index (χ2n) is 5.16. The molecule has 134 valence electrons. The Bertz CT molecular complexity index is 772. The number of benzene rings is 1. The van der Waals surface area contributed by atoms with Gasteiger partial charge >= 0.3 is 5.51 Å². The van der Waals surface area contributed by atoms with Crippen molar-refractivity contribution in [3.8, 4) is 0 Å². The Morgan fingerprint density at radius 3 is 2.32 bits per heavy atom. The summed E-state index contributed by atoms with van der Waals surface area (Å²) in [5.74, 6) is -1.12. The molecule has 0 radical (unpaired) electrons. The van der Waals surface area contributed by atoms with E-state index in [9.17, 15) is 22.8 Å². The van der Waals surface area contributed by atoms with Crippen LogP contribution >= 0.6 is 11.8 Å². The molecule has 25 heavy (non-hydrogen) atoms. The predicted octanol–water partition coefficient (Wildman–Crippen LogP) is 2.57. The fourth-order valence-corrected chi connectivity index (χ4v) is 2.56. The first-order valence-corrected chi connectivity index (χ1v) is 7.92. The van der Waals surface area contributed by atoms with Crippen LogP contribution in [0, 0.1) is 13.8 Å². The first-order chi connectivity index (χ1) is 11.6. The van der Waals surface area contributed by atoms with Crippen molar-refractivity contribution in [3.05, 3.63) is 47.3 Å². The lowest BCUT2D eigenvalue weighted by Gasteiger charge is -2.09.